The van der Waals surface area contributed by atoms with Crippen LogP contribution in [-0.4, -0.2) is 38.5 Å². The molecule has 0 aliphatic heterocycles. The van der Waals surface area contributed by atoms with E-state index in [4.69, 9.17) is 0 Å². The van der Waals surface area contributed by atoms with Crippen molar-refractivity contribution in [3.8, 4) is 16.4 Å². The van der Waals surface area contributed by atoms with E-state index in [0.717, 1.165) is 34.9 Å². The molecule has 0 aliphatic carbocycles. The number of rotatable bonds is 4. The number of hydrogen-bond donors (Lipinski definition) is 1. The van der Waals surface area contributed by atoms with E-state index in [-0.39, 0.29) is 0 Å². The molecule has 24 heavy (non-hydrogen) atoms. The number of H-pyrrole nitrogens is 1. The number of thiophene rings is 1. The molecule has 122 valence electrons. The van der Waals surface area contributed by atoms with Crippen LogP contribution in [0.4, 0.5) is 0 Å². The summed E-state index contributed by atoms with van der Waals surface area (Å²) in [6, 6.07) is 8.48. The van der Waals surface area contributed by atoms with Crippen LogP contribution in [0.5, 0.6) is 0 Å². The minimum absolute atomic E-state index is 0.930. The summed E-state index contributed by atoms with van der Waals surface area (Å²) >= 11 is 1.74. The normalized spacial score (nSPS) is 11.7. The van der Waals surface area contributed by atoms with Gasteiger partial charge in [0.1, 0.15) is 5.82 Å². The van der Waals surface area contributed by atoms with Gasteiger partial charge in [-0.2, -0.15) is 0 Å². The Labute approximate surface area is 144 Å². The number of aromatic amines is 1. The zero-order chi connectivity index (χ0) is 16.7. The Balaban J connectivity index is 1.74. The SMILES string of the molecule is Cc1nc2ccc(-n3ccnc3-c3cc(CN(C)C)cs3)cc2[nH]1. The molecule has 6 heteroatoms. The average Bonchev–Trinajstić information content (AvgIpc) is 3.22. The van der Waals surface area contributed by atoms with Crippen LogP contribution in [0.3, 0.4) is 0 Å². The lowest BCUT2D eigenvalue weighted by Gasteiger charge is -2.07. The summed E-state index contributed by atoms with van der Waals surface area (Å²) in [6.07, 6.45) is 3.86. The van der Waals surface area contributed by atoms with Crippen LogP contribution in [-0.2, 0) is 6.54 Å². The quantitative estimate of drug-likeness (QED) is 0.615. The van der Waals surface area contributed by atoms with Crippen LogP contribution in [0, 0.1) is 6.92 Å². The Morgan fingerprint density at radius 3 is 2.96 bits per heavy atom. The van der Waals surface area contributed by atoms with Crippen LogP contribution in [0.25, 0.3) is 27.4 Å². The molecular formula is C18H19N5S. The number of imidazole rings is 2. The monoisotopic (exact) mass is 337 g/mol. The predicted molar refractivity (Wildman–Crippen MR) is 98.7 cm³/mol. The Morgan fingerprint density at radius 1 is 1.25 bits per heavy atom. The fourth-order valence-electron chi connectivity index (χ4n) is 2.91. The van der Waals surface area contributed by atoms with Crippen LogP contribution in [0.1, 0.15) is 11.4 Å². The maximum absolute atomic E-state index is 4.57. The van der Waals surface area contributed by atoms with E-state index in [1.807, 2.05) is 25.4 Å². The van der Waals surface area contributed by atoms with E-state index in [2.05, 4.69) is 62.1 Å². The van der Waals surface area contributed by atoms with Gasteiger partial charge in [-0.25, -0.2) is 9.97 Å². The highest BCUT2D eigenvalue weighted by atomic mass is 32.1. The number of nitrogens with one attached hydrogen (secondary N) is 1. The van der Waals surface area contributed by atoms with Crippen LogP contribution >= 0.6 is 11.3 Å². The van der Waals surface area contributed by atoms with Crippen molar-refractivity contribution in [1.29, 1.82) is 0 Å². The summed E-state index contributed by atoms with van der Waals surface area (Å²) < 4.78 is 2.13. The van der Waals surface area contributed by atoms with Crippen molar-refractivity contribution in [3.05, 3.63) is 53.4 Å². The Hall–Kier alpha value is -2.44. The van der Waals surface area contributed by atoms with Gasteiger partial charge in [-0.05, 0) is 56.2 Å². The molecule has 0 saturated carbocycles. The van der Waals surface area contributed by atoms with Gasteiger partial charge < -0.3 is 9.88 Å². The third-order valence-electron chi connectivity index (χ3n) is 3.88. The standard InChI is InChI=1S/C18H19N5S/c1-12-20-15-5-4-14(9-16(15)21-12)23-7-6-19-18(23)17-8-13(11-24-17)10-22(2)3/h4-9,11H,10H2,1-3H3,(H,20,21). The molecule has 3 aromatic heterocycles. The van der Waals surface area contributed by atoms with Crippen LogP contribution < -0.4 is 0 Å². The lowest BCUT2D eigenvalue weighted by molar-refractivity contribution is 0.403. The number of aromatic nitrogens is 4. The number of nitrogens with zero attached hydrogens (tertiary/aromatic N) is 4. The Kier molecular flexibility index (Phi) is 3.70. The van der Waals surface area contributed by atoms with Gasteiger partial charge in [-0.15, -0.1) is 11.3 Å². The second kappa shape index (κ2) is 5.89. The zero-order valence-electron chi connectivity index (χ0n) is 13.9. The Bertz CT molecular complexity index is 992. The maximum atomic E-state index is 4.57. The maximum Gasteiger partial charge on any atom is 0.154 e. The second-order valence-electron chi connectivity index (χ2n) is 6.20. The first kappa shape index (κ1) is 15.1. The van der Waals surface area contributed by atoms with Crippen molar-refractivity contribution in [2.45, 2.75) is 13.5 Å². The van der Waals surface area contributed by atoms with Gasteiger partial charge in [-0.1, -0.05) is 0 Å². The van der Waals surface area contributed by atoms with Gasteiger partial charge in [0, 0.05) is 24.6 Å². The molecule has 0 spiro atoms. The molecule has 0 fully saturated rings. The van der Waals surface area contributed by atoms with E-state index in [1.165, 1.54) is 10.4 Å². The smallest absolute Gasteiger partial charge is 0.154 e. The molecule has 0 aliphatic rings. The highest BCUT2D eigenvalue weighted by Crippen LogP contribution is 2.29. The summed E-state index contributed by atoms with van der Waals surface area (Å²) in [5, 5.41) is 2.20. The van der Waals surface area contributed by atoms with Crippen molar-refractivity contribution >= 4 is 22.4 Å². The lowest BCUT2D eigenvalue weighted by Crippen LogP contribution is -2.09. The molecular weight excluding hydrogens is 318 g/mol. The minimum atomic E-state index is 0.930. The van der Waals surface area contributed by atoms with Crippen LogP contribution in [0.2, 0.25) is 0 Å². The summed E-state index contributed by atoms with van der Waals surface area (Å²) in [7, 11) is 4.17. The van der Waals surface area contributed by atoms with Gasteiger partial charge in [0.05, 0.1) is 15.9 Å². The van der Waals surface area contributed by atoms with Crippen LogP contribution in [0.15, 0.2) is 42.0 Å². The summed E-state index contributed by atoms with van der Waals surface area (Å²) in [4.78, 5) is 15.7. The Morgan fingerprint density at radius 2 is 2.12 bits per heavy atom. The molecule has 0 radical (unpaired) electrons. The van der Waals surface area contributed by atoms with E-state index < -0.39 is 0 Å². The predicted octanol–water partition coefficient (Wildman–Crippen LogP) is 3.85. The lowest BCUT2D eigenvalue weighted by atomic mass is 10.2. The van der Waals surface area contributed by atoms with Gasteiger partial charge in [0.25, 0.3) is 0 Å². The van der Waals surface area contributed by atoms with Crippen molar-refractivity contribution < 1.29 is 0 Å². The van der Waals surface area contributed by atoms with Gasteiger partial charge in [0.15, 0.2) is 5.82 Å². The first-order valence-corrected chi connectivity index (χ1v) is 8.71. The molecule has 4 aromatic rings. The number of fused-ring (bicyclic) bond motifs is 1. The van der Waals surface area contributed by atoms with Gasteiger partial charge in [0.2, 0.25) is 0 Å². The topological polar surface area (TPSA) is 49.7 Å². The highest BCUT2D eigenvalue weighted by Gasteiger charge is 2.12. The first-order chi connectivity index (χ1) is 11.6. The molecule has 0 saturated heterocycles. The van der Waals surface area contributed by atoms with E-state index >= 15 is 0 Å². The number of aryl methyl sites for hydroxylation is 1. The van der Waals surface area contributed by atoms with Crippen molar-refractivity contribution in [2.24, 2.45) is 0 Å². The molecule has 4 rings (SSSR count). The van der Waals surface area contributed by atoms with Crippen molar-refractivity contribution in [2.75, 3.05) is 14.1 Å². The van der Waals surface area contributed by atoms with Crippen molar-refractivity contribution in [3.63, 3.8) is 0 Å². The zero-order valence-corrected chi connectivity index (χ0v) is 14.8. The number of benzene rings is 1. The molecule has 1 N–H and O–H groups in total. The van der Waals surface area contributed by atoms with E-state index in [0.29, 0.717) is 0 Å². The summed E-state index contributed by atoms with van der Waals surface area (Å²) in [5.41, 5.74) is 4.43. The second-order valence-corrected chi connectivity index (χ2v) is 7.11. The molecule has 3 heterocycles. The van der Waals surface area contributed by atoms with Gasteiger partial charge >= 0.3 is 0 Å². The summed E-state index contributed by atoms with van der Waals surface area (Å²) in [5.74, 6) is 1.90. The minimum Gasteiger partial charge on any atom is -0.342 e. The fourth-order valence-corrected chi connectivity index (χ4v) is 3.81. The first-order valence-electron chi connectivity index (χ1n) is 7.83. The molecule has 0 atom stereocenters. The van der Waals surface area contributed by atoms with E-state index in [9.17, 15) is 0 Å². The molecule has 0 bridgehead atoms. The highest BCUT2D eigenvalue weighted by molar-refractivity contribution is 7.13. The third-order valence-corrected chi connectivity index (χ3v) is 4.85. The largest absolute Gasteiger partial charge is 0.342 e. The van der Waals surface area contributed by atoms with Crippen molar-refractivity contribution in [1.82, 2.24) is 24.4 Å². The third kappa shape index (κ3) is 2.74. The van der Waals surface area contributed by atoms with E-state index in [1.54, 1.807) is 11.3 Å². The average molecular weight is 337 g/mol. The fraction of sp³-hybridized carbons (Fsp3) is 0.222. The summed E-state index contributed by atoms with van der Waals surface area (Å²) in [6.45, 7) is 2.91. The molecule has 5 nitrogen and oxygen atoms in total. The van der Waals surface area contributed by atoms with Gasteiger partial charge in [-0.3, -0.25) is 4.57 Å². The number of hydrogen-bond acceptors (Lipinski definition) is 4. The molecule has 0 unspecified atom stereocenters. The molecule has 0 amide bonds. The molecule has 1 aromatic carbocycles.